The third-order valence-corrected chi connectivity index (χ3v) is 9.16. The van der Waals surface area contributed by atoms with E-state index < -0.39 is 31.4 Å². The van der Waals surface area contributed by atoms with E-state index in [4.69, 9.17) is 0 Å². The number of nitrogens with zero attached hydrogens (tertiary/aromatic N) is 4. The zero-order valence-electron chi connectivity index (χ0n) is 20.9. The summed E-state index contributed by atoms with van der Waals surface area (Å²) in [4.78, 5) is 13.8. The third kappa shape index (κ3) is 5.40. The van der Waals surface area contributed by atoms with Crippen LogP contribution in [-0.4, -0.2) is 50.9 Å². The second kappa shape index (κ2) is 9.26. The van der Waals surface area contributed by atoms with Crippen molar-refractivity contribution in [2.24, 2.45) is 9.81 Å². The van der Waals surface area contributed by atoms with Gasteiger partial charge in [-0.25, -0.2) is 13.1 Å². The highest BCUT2D eigenvalue weighted by molar-refractivity contribution is 7.92. The number of aromatic hydroxyl groups is 1. The van der Waals surface area contributed by atoms with E-state index in [1.807, 2.05) is 20.8 Å². The third-order valence-electron chi connectivity index (χ3n) is 5.76. The molecule has 0 radical (unpaired) electrons. The van der Waals surface area contributed by atoms with E-state index in [0.29, 0.717) is 11.3 Å². The fourth-order valence-electron chi connectivity index (χ4n) is 3.59. The molecule has 0 saturated heterocycles. The first-order valence-electron chi connectivity index (χ1n) is 11.2. The van der Waals surface area contributed by atoms with Gasteiger partial charge in [0.1, 0.15) is 16.2 Å². The molecule has 198 valence electrons. The Morgan fingerprint density at radius 2 is 1.92 bits per heavy atom. The summed E-state index contributed by atoms with van der Waals surface area (Å²) >= 11 is 1.31. The minimum Gasteiger partial charge on any atom is -0.505 e. The van der Waals surface area contributed by atoms with Gasteiger partial charge >= 0.3 is 0 Å². The van der Waals surface area contributed by atoms with E-state index in [1.165, 1.54) is 41.3 Å². The topological polar surface area (TPSA) is 151 Å². The lowest BCUT2D eigenvalue weighted by Gasteiger charge is -2.23. The second-order valence-corrected chi connectivity index (χ2v) is 14.4. The fraction of sp³-hybridized carbons (Fsp3) is 0.348. The smallest absolute Gasteiger partial charge is 0.286 e. The number of nitrogens with one attached hydrogen (secondary N) is 1. The number of benzene rings is 1. The molecule has 0 saturated carbocycles. The Hall–Kier alpha value is -3.23. The van der Waals surface area contributed by atoms with Crippen LogP contribution < -0.4 is 15.2 Å². The van der Waals surface area contributed by atoms with Crippen LogP contribution in [0.1, 0.15) is 32.8 Å². The van der Waals surface area contributed by atoms with Crippen molar-refractivity contribution >= 4 is 48.6 Å². The average Bonchev–Trinajstić information content (AvgIpc) is 3.31. The summed E-state index contributed by atoms with van der Waals surface area (Å²) in [6, 6.07) is 7.50. The molecule has 1 aliphatic rings. The minimum atomic E-state index is -4.36. The van der Waals surface area contributed by atoms with Gasteiger partial charge in [-0.15, -0.1) is 15.7 Å². The number of aromatic nitrogens is 2. The Morgan fingerprint density at radius 1 is 1.22 bits per heavy atom. The summed E-state index contributed by atoms with van der Waals surface area (Å²) < 4.78 is 56.1. The maximum Gasteiger partial charge on any atom is 0.286 e. The van der Waals surface area contributed by atoms with Crippen molar-refractivity contribution < 1.29 is 21.9 Å². The van der Waals surface area contributed by atoms with Gasteiger partial charge in [0.2, 0.25) is 10.0 Å². The van der Waals surface area contributed by atoms with Crippen molar-refractivity contribution in [2.75, 3.05) is 22.9 Å². The van der Waals surface area contributed by atoms with Gasteiger partial charge in [-0.05, 0) is 41.5 Å². The van der Waals surface area contributed by atoms with Gasteiger partial charge in [0.15, 0.2) is 11.6 Å². The Bertz CT molecular complexity index is 1670. The Balaban J connectivity index is 1.88. The predicted molar refractivity (Wildman–Crippen MR) is 145 cm³/mol. The normalized spacial score (nSPS) is 15.0. The van der Waals surface area contributed by atoms with Crippen LogP contribution in [0.4, 0.5) is 11.4 Å². The van der Waals surface area contributed by atoms with Gasteiger partial charge in [0.25, 0.3) is 15.6 Å². The monoisotopic (exact) mass is 565 g/mol. The van der Waals surface area contributed by atoms with E-state index in [-0.39, 0.29) is 45.3 Å². The Labute approximate surface area is 219 Å². The van der Waals surface area contributed by atoms with Gasteiger partial charge in [-0.2, -0.15) is 13.5 Å². The van der Waals surface area contributed by atoms with E-state index in [0.717, 1.165) is 10.6 Å². The summed E-state index contributed by atoms with van der Waals surface area (Å²) in [5.41, 5.74) is -0.774. The van der Waals surface area contributed by atoms with Gasteiger partial charge in [-0.3, -0.25) is 9.10 Å². The molecule has 2 aromatic heterocycles. The van der Waals surface area contributed by atoms with E-state index in [1.54, 1.807) is 17.5 Å². The van der Waals surface area contributed by atoms with Crippen molar-refractivity contribution in [3.05, 3.63) is 51.6 Å². The zero-order valence-corrected chi connectivity index (χ0v) is 23.3. The Kier molecular flexibility index (Phi) is 6.71. The molecule has 0 unspecified atom stereocenters. The highest BCUT2D eigenvalue weighted by atomic mass is 32.2. The highest BCUT2D eigenvalue weighted by Gasteiger charge is 2.32. The van der Waals surface area contributed by atoms with Crippen molar-refractivity contribution in [1.29, 1.82) is 0 Å². The average molecular weight is 566 g/mol. The first-order valence-corrected chi connectivity index (χ1v) is 15.3. The van der Waals surface area contributed by atoms with Crippen molar-refractivity contribution in [3.63, 3.8) is 0 Å². The largest absolute Gasteiger partial charge is 0.505 e. The minimum absolute atomic E-state index is 0.0881. The molecule has 0 amide bonds. The SMILES string of the molecule is CN(c1ccc2c(c1)S(=O)(=O)N=C(c1c(O)c(-c3cccs3)nn(CCC(C)(C)C)c1=O)N2)S(C)(=O)=O. The van der Waals surface area contributed by atoms with Crippen LogP contribution in [0.3, 0.4) is 0 Å². The maximum atomic E-state index is 13.5. The summed E-state index contributed by atoms with van der Waals surface area (Å²) in [6.07, 6.45) is 1.60. The van der Waals surface area contributed by atoms with E-state index in [2.05, 4.69) is 14.8 Å². The van der Waals surface area contributed by atoms with Gasteiger partial charge < -0.3 is 10.4 Å². The molecule has 3 heterocycles. The fourth-order valence-corrected chi connectivity index (χ4v) is 5.94. The molecule has 2 N–H and O–H groups in total. The molecule has 0 atom stereocenters. The maximum absolute atomic E-state index is 13.5. The van der Waals surface area contributed by atoms with E-state index >= 15 is 0 Å². The lowest BCUT2D eigenvalue weighted by Crippen LogP contribution is -2.34. The molecule has 37 heavy (non-hydrogen) atoms. The van der Waals surface area contributed by atoms with Gasteiger partial charge in [0, 0.05) is 13.6 Å². The standard InChI is InChI=1S/C23H27N5O6S3/c1-23(2,3)10-11-28-22(30)18(20(29)19(25-28)16-7-6-12-35-16)21-24-15-9-8-14(27(4)36(5,31)32)13-17(15)37(33,34)26-21/h6-9,12-13,29H,10-11H2,1-5H3,(H,24,26). The van der Waals surface area contributed by atoms with Crippen LogP contribution >= 0.6 is 11.3 Å². The number of thiophene rings is 1. The quantitative estimate of drug-likeness (QED) is 0.463. The summed E-state index contributed by atoms with van der Waals surface area (Å²) in [5.74, 6) is -0.832. The summed E-state index contributed by atoms with van der Waals surface area (Å²) in [5, 5.41) is 20.1. The molecular formula is C23H27N5O6S3. The van der Waals surface area contributed by atoms with Gasteiger partial charge in [-0.1, -0.05) is 26.8 Å². The molecule has 0 fully saturated rings. The number of rotatable bonds is 6. The van der Waals surface area contributed by atoms with Crippen molar-refractivity contribution in [2.45, 2.75) is 38.6 Å². The number of amidine groups is 1. The number of sulfonamides is 2. The molecule has 1 aromatic carbocycles. The lowest BCUT2D eigenvalue weighted by atomic mass is 9.92. The number of hydrogen-bond donors (Lipinski definition) is 2. The number of anilines is 2. The van der Waals surface area contributed by atoms with Crippen LogP contribution in [-0.2, 0) is 26.6 Å². The second-order valence-electron chi connectivity index (χ2n) is 9.84. The molecular weight excluding hydrogens is 538 g/mol. The van der Waals surface area contributed by atoms with Crippen LogP contribution in [0, 0.1) is 5.41 Å². The van der Waals surface area contributed by atoms with Crippen LogP contribution in [0.2, 0.25) is 0 Å². The molecule has 0 aliphatic carbocycles. The Morgan fingerprint density at radius 3 is 2.51 bits per heavy atom. The molecule has 0 spiro atoms. The van der Waals surface area contributed by atoms with Gasteiger partial charge in [0.05, 0.1) is 22.5 Å². The highest BCUT2D eigenvalue weighted by Crippen LogP contribution is 2.36. The molecule has 3 aromatic rings. The van der Waals surface area contributed by atoms with E-state index in [9.17, 15) is 26.7 Å². The summed E-state index contributed by atoms with van der Waals surface area (Å²) in [6.45, 7) is 6.30. The molecule has 4 rings (SSSR count). The molecule has 11 nitrogen and oxygen atoms in total. The number of hydrogen-bond acceptors (Lipinski definition) is 9. The van der Waals surface area contributed by atoms with Crippen LogP contribution in [0.15, 0.2) is 49.8 Å². The lowest BCUT2D eigenvalue weighted by molar-refractivity contribution is 0.335. The number of fused-ring (bicyclic) bond motifs is 1. The van der Waals surface area contributed by atoms with Crippen LogP contribution in [0.5, 0.6) is 5.75 Å². The van der Waals surface area contributed by atoms with Crippen LogP contribution in [0.25, 0.3) is 10.6 Å². The first kappa shape index (κ1) is 26.8. The predicted octanol–water partition coefficient (Wildman–Crippen LogP) is 3.07. The number of aryl methyl sites for hydroxylation is 1. The van der Waals surface area contributed by atoms with Crippen molar-refractivity contribution in [1.82, 2.24) is 9.78 Å². The first-order chi connectivity index (χ1) is 17.1. The molecule has 1 aliphatic heterocycles. The molecule has 0 bridgehead atoms. The summed E-state index contributed by atoms with van der Waals surface area (Å²) in [7, 11) is -6.69. The molecule has 14 heteroatoms. The zero-order chi connectivity index (χ0) is 27.3. The van der Waals surface area contributed by atoms with Crippen molar-refractivity contribution in [3.8, 4) is 16.3 Å².